The number of nitrogens with one attached hydrogen (secondary N) is 1. The fourth-order valence-corrected chi connectivity index (χ4v) is 3.94. The van der Waals surface area contributed by atoms with Crippen molar-refractivity contribution in [2.24, 2.45) is 12.8 Å². The van der Waals surface area contributed by atoms with Gasteiger partial charge in [0.15, 0.2) is 0 Å². The summed E-state index contributed by atoms with van der Waals surface area (Å²) >= 11 is 2.94. The van der Waals surface area contributed by atoms with Gasteiger partial charge in [0, 0.05) is 7.05 Å². The Kier molecular flexibility index (Phi) is 5.83. The number of nitrogens with two attached hydrogens (primary N) is 1. The Hall–Kier alpha value is -1.95. The number of halogens is 1. The zero-order valence-electron chi connectivity index (χ0n) is 14.0. The van der Waals surface area contributed by atoms with Gasteiger partial charge in [0.05, 0.1) is 26.3 Å². The van der Waals surface area contributed by atoms with Crippen molar-refractivity contribution < 1.29 is 19.1 Å². The van der Waals surface area contributed by atoms with Gasteiger partial charge in [-0.05, 0) is 48.9 Å². The van der Waals surface area contributed by atoms with E-state index in [4.69, 9.17) is 10.5 Å². The van der Waals surface area contributed by atoms with Crippen molar-refractivity contribution in [2.75, 3.05) is 5.32 Å². The summed E-state index contributed by atoms with van der Waals surface area (Å²) in [7, 11) is 1.64. The molecule has 2 aromatic heterocycles. The van der Waals surface area contributed by atoms with Gasteiger partial charge < -0.3 is 15.8 Å². The minimum Gasteiger partial charge on any atom is -0.459 e. The molecule has 0 atom stereocenters. The van der Waals surface area contributed by atoms with Crippen LogP contribution in [0.3, 0.4) is 0 Å². The number of thiophene rings is 1. The van der Waals surface area contributed by atoms with Crippen molar-refractivity contribution in [3.05, 3.63) is 31.5 Å². The second kappa shape index (κ2) is 7.52. The summed E-state index contributed by atoms with van der Waals surface area (Å²) in [6.07, 6.45) is 1.21. The number of esters is 1. The first-order chi connectivity index (χ1) is 11.6. The number of carbonyl (C=O) groups excluding carboxylic acids is 3. The molecule has 2 rings (SSSR count). The maximum Gasteiger partial charge on any atom is 0.341 e. The summed E-state index contributed by atoms with van der Waals surface area (Å²) < 4.78 is 7.30. The molecule has 0 aliphatic heterocycles. The largest absolute Gasteiger partial charge is 0.459 e. The van der Waals surface area contributed by atoms with Gasteiger partial charge in [0.2, 0.25) is 0 Å². The van der Waals surface area contributed by atoms with Crippen LogP contribution in [0.2, 0.25) is 0 Å². The minimum atomic E-state index is -0.670. The Labute approximate surface area is 161 Å². The van der Waals surface area contributed by atoms with Crippen LogP contribution < -0.4 is 11.1 Å². The van der Waals surface area contributed by atoms with E-state index in [2.05, 4.69) is 10.4 Å². The molecule has 0 aromatic carbocycles. The van der Waals surface area contributed by atoms with E-state index in [9.17, 15) is 14.4 Å². The summed E-state index contributed by atoms with van der Waals surface area (Å²) in [5.74, 6) is -1.73. The van der Waals surface area contributed by atoms with Crippen LogP contribution in [0.1, 0.15) is 49.9 Å². The summed E-state index contributed by atoms with van der Waals surface area (Å²) in [5.41, 5.74) is 6.23. The van der Waals surface area contributed by atoms with Gasteiger partial charge in [-0.25, -0.2) is 4.79 Å². The third-order valence-corrected chi connectivity index (χ3v) is 5.26. The van der Waals surface area contributed by atoms with Crippen LogP contribution in [0.15, 0.2) is 6.20 Å². The fourth-order valence-electron chi connectivity index (χ4n) is 2.18. The van der Waals surface area contributed by atoms with Crippen LogP contribution >= 0.6 is 33.9 Å². The van der Waals surface area contributed by atoms with Gasteiger partial charge in [-0.15, -0.1) is 11.3 Å². The number of aryl methyl sites for hydroxylation is 1. The van der Waals surface area contributed by atoms with E-state index < -0.39 is 17.8 Å². The van der Waals surface area contributed by atoms with Crippen molar-refractivity contribution in [2.45, 2.75) is 26.9 Å². The lowest BCUT2D eigenvalue weighted by Crippen LogP contribution is -2.19. The number of nitrogens with zero attached hydrogens (tertiary/aromatic N) is 2. The van der Waals surface area contributed by atoms with E-state index in [-0.39, 0.29) is 21.5 Å². The molecule has 10 heteroatoms. The molecule has 0 spiro atoms. The average Bonchev–Trinajstić information content (AvgIpc) is 2.98. The Bertz CT molecular complexity index is 837. The second-order valence-electron chi connectivity index (χ2n) is 5.50. The molecular formula is C15H17IN4O4S. The predicted octanol–water partition coefficient (Wildman–Crippen LogP) is 2.31. The first-order valence-electron chi connectivity index (χ1n) is 7.26. The lowest BCUT2D eigenvalue weighted by molar-refractivity contribution is 0.0379. The molecule has 3 N–H and O–H groups in total. The molecule has 0 aliphatic rings. The molecule has 2 amide bonds. The Morgan fingerprint density at radius 1 is 1.40 bits per heavy atom. The summed E-state index contributed by atoms with van der Waals surface area (Å²) in [6, 6.07) is 0. The molecule has 0 bridgehead atoms. The van der Waals surface area contributed by atoms with Gasteiger partial charge in [0.1, 0.15) is 10.7 Å². The number of hydrogen-bond acceptors (Lipinski definition) is 6. The van der Waals surface area contributed by atoms with Gasteiger partial charge in [-0.2, -0.15) is 5.10 Å². The van der Waals surface area contributed by atoms with E-state index in [0.717, 1.165) is 11.3 Å². The molecule has 0 aliphatic carbocycles. The number of primary amides is 1. The third kappa shape index (κ3) is 4.00. The Morgan fingerprint density at radius 3 is 2.52 bits per heavy atom. The highest BCUT2D eigenvalue weighted by Crippen LogP contribution is 2.34. The molecule has 0 saturated carbocycles. The Balaban J connectivity index is 2.46. The van der Waals surface area contributed by atoms with Crippen molar-refractivity contribution in [1.82, 2.24) is 9.78 Å². The SMILES string of the molecule is Cc1c(C(N)=O)sc(NC(=O)c2c(I)cnn2C)c1C(=O)OC(C)C. The molecule has 25 heavy (non-hydrogen) atoms. The fraction of sp³-hybridized carbons (Fsp3) is 0.333. The van der Waals surface area contributed by atoms with Crippen LogP contribution in [0.5, 0.6) is 0 Å². The molecule has 0 radical (unpaired) electrons. The highest BCUT2D eigenvalue weighted by atomic mass is 127. The maximum atomic E-state index is 12.6. The highest BCUT2D eigenvalue weighted by molar-refractivity contribution is 14.1. The normalized spacial score (nSPS) is 10.8. The molecule has 0 saturated heterocycles. The summed E-state index contributed by atoms with van der Waals surface area (Å²) in [4.78, 5) is 36.8. The van der Waals surface area contributed by atoms with Crippen molar-refractivity contribution >= 4 is 56.7 Å². The van der Waals surface area contributed by atoms with Gasteiger partial charge in [0.25, 0.3) is 11.8 Å². The van der Waals surface area contributed by atoms with E-state index in [1.807, 2.05) is 22.6 Å². The first-order valence-corrected chi connectivity index (χ1v) is 9.16. The number of ether oxygens (including phenoxy) is 1. The van der Waals surface area contributed by atoms with E-state index in [1.165, 1.54) is 4.68 Å². The minimum absolute atomic E-state index is 0.137. The quantitative estimate of drug-likeness (QED) is 0.508. The average molecular weight is 476 g/mol. The molecule has 8 nitrogen and oxygen atoms in total. The molecule has 2 aromatic rings. The smallest absolute Gasteiger partial charge is 0.341 e. The number of hydrogen-bond donors (Lipinski definition) is 2. The van der Waals surface area contributed by atoms with Crippen molar-refractivity contribution in [1.29, 1.82) is 0 Å². The van der Waals surface area contributed by atoms with Crippen LogP contribution in [0.25, 0.3) is 0 Å². The van der Waals surface area contributed by atoms with Crippen LogP contribution in [-0.4, -0.2) is 33.7 Å². The van der Waals surface area contributed by atoms with E-state index in [0.29, 0.717) is 14.8 Å². The third-order valence-electron chi connectivity index (χ3n) is 3.25. The van der Waals surface area contributed by atoms with Crippen LogP contribution in [0.4, 0.5) is 5.00 Å². The van der Waals surface area contributed by atoms with Gasteiger partial charge >= 0.3 is 5.97 Å². The molecular weight excluding hydrogens is 459 g/mol. The zero-order valence-corrected chi connectivity index (χ0v) is 17.0. The first kappa shape index (κ1) is 19.4. The van der Waals surface area contributed by atoms with Crippen LogP contribution in [0, 0.1) is 10.5 Å². The molecule has 134 valence electrons. The monoisotopic (exact) mass is 476 g/mol. The van der Waals surface area contributed by atoms with Crippen LogP contribution in [-0.2, 0) is 11.8 Å². The molecule has 0 unspecified atom stereocenters. The number of carbonyl (C=O) groups is 3. The molecule has 0 fully saturated rings. The Morgan fingerprint density at radius 2 is 2.04 bits per heavy atom. The second-order valence-corrected chi connectivity index (χ2v) is 7.68. The lowest BCUT2D eigenvalue weighted by atomic mass is 10.1. The highest BCUT2D eigenvalue weighted by Gasteiger charge is 2.27. The number of anilines is 1. The maximum absolute atomic E-state index is 12.6. The zero-order chi connectivity index (χ0) is 18.9. The van der Waals surface area contributed by atoms with E-state index in [1.54, 1.807) is 34.0 Å². The topological polar surface area (TPSA) is 116 Å². The van der Waals surface area contributed by atoms with Crippen molar-refractivity contribution in [3.63, 3.8) is 0 Å². The van der Waals surface area contributed by atoms with Crippen molar-refractivity contribution in [3.8, 4) is 0 Å². The van der Waals surface area contributed by atoms with Gasteiger partial charge in [-0.3, -0.25) is 14.3 Å². The number of rotatable bonds is 5. The lowest BCUT2D eigenvalue weighted by Gasteiger charge is -2.10. The number of amides is 2. The molecule has 2 heterocycles. The van der Waals surface area contributed by atoms with E-state index >= 15 is 0 Å². The van der Waals surface area contributed by atoms with Gasteiger partial charge in [-0.1, -0.05) is 0 Å². The summed E-state index contributed by atoms with van der Waals surface area (Å²) in [6.45, 7) is 5.02. The predicted molar refractivity (Wildman–Crippen MR) is 102 cm³/mol. The standard InChI is InChI=1S/C15H17IN4O4S/c1-6(2)24-15(23)9-7(3)11(12(17)21)25-14(9)19-13(22)10-8(16)5-18-20(10)4/h5-6H,1-4H3,(H2,17,21)(H,19,22). The summed E-state index contributed by atoms with van der Waals surface area (Å²) in [5, 5.41) is 6.90. The number of aromatic nitrogens is 2.